The molecule has 0 saturated carbocycles. The van der Waals surface area contributed by atoms with Gasteiger partial charge in [0.1, 0.15) is 6.61 Å². The first kappa shape index (κ1) is 20.5. The Hall–Kier alpha value is -2.86. The van der Waals surface area contributed by atoms with Crippen LogP contribution in [0.15, 0.2) is 54.2 Å². The first-order chi connectivity index (χ1) is 13.0. The predicted octanol–water partition coefficient (Wildman–Crippen LogP) is 3.88. The molecule has 0 aliphatic carbocycles. The lowest BCUT2D eigenvalue weighted by molar-refractivity contribution is 0.284. The molecule has 0 bridgehead atoms. The molecule has 0 saturated heterocycles. The fourth-order valence-electron chi connectivity index (χ4n) is 2.36. The van der Waals surface area contributed by atoms with Crippen LogP contribution in [0.5, 0.6) is 11.5 Å². The minimum atomic E-state index is 0.437. The van der Waals surface area contributed by atoms with Crippen molar-refractivity contribution in [2.24, 2.45) is 5.10 Å². The Labute approximate surface area is 166 Å². The topological polar surface area (TPSA) is 54.9 Å². The van der Waals surface area contributed by atoms with E-state index in [2.05, 4.69) is 54.5 Å². The number of aryl methyl sites for hydroxylation is 2. The molecule has 0 atom stereocenters. The van der Waals surface area contributed by atoms with Gasteiger partial charge < -0.3 is 14.8 Å². The van der Waals surface area contributed by atoms with Crippen LogP contribution in [0.2, 0.25) is 0 Å². The van der Waals surface area contributed by atoms with Gasteiger partial charge in [0.05, 0.1) is 13.3 Å². The molecule has 0 radical (unpaired) electrons. The maximum atomic E-state index is 5.97. The summed E-state index contributed by atoms with van der Waals surface area (Å²) in [6.45, 7) is 8.84. The number of rotatable bonds is 8. The summed E-state index contributed by atoms with van der Waals surface area (Å²) in [5, 5.41) is 7.48. The summed E-state index contributed by atoms with van der Waals surface area (Å²) in [4.78, 5) is 0. The zero-order valence-corrected chi connectivity index (χ0v) is 16.7. The highest BCUT2D eigenvalue weighted by Crippen LogP contribution is 2.28. The zero-order chi connectivity index (χ0) is 19.6. The first-order valence-corrected chi connectivity index (χ1v) is 8.99. The molecular weight excluding hydrogens is 358 g/mol. The van der Waals surface area contributed by atoms with Crippen molar-refractivity contribution in [3.63, 3.8) is 0 Å². The van der Waals surface area contributed by atoms with Crippen molar-refractivity contribution in [3.05, 3.63) is 71.3 Å². The van der Waals surface area contributed by atoms with E-state index in [1.54, 1.807) is 19.4 Å². The van der Waals surface area contributed by atoms with Crippen molar-refractivity contribution in [1.82, 2.24) is 10.7 Å². The van der Waals surface area contributed by atoms with E-state index in [1.165, 1.54) is 11.1 Å². The van der Waals surface area contributed by atoms with Gasteiger partial charge in [0.25, 0.3) is 0 Å². The number of methoxy groups -OCH3 is 1. The fourth-order valence-corrected chi connectivity index (χ4v) is 2.50. The molecular formula is C21H25N3O2S. The van der Waals surface area contributed by atoms with Crippen LogP contribution in [0.25, 0.3) is 0 Å². The van der Waals surface area contributed by atoms with E-state index in [1.807, 2.05) is 18.2 Å². The Morgan fingerprint density at radius 2 is 2.00 bits per heavy atom. The molecule has 5 nitrogen and oxygen atoms in total. The summed E-state index contributed by atoms with van der Waals surface area (Å²) in [6.07, 6.45) is 3.39. The van der Waals surface area contributed by atoms with Crippen LogP contribution in [-0.4, -0.2) is 25.0 Å². The Morgan fingerprint density at radius 1 is 1.19 bits per heavy atom. The van der Waals surface area contributed by atoms with Gasteiger partial charge in [-0.25, -0.2) is 0 Å². The average Bonchev–Trinajstić information content (AvgIpc) is 2.67. The molecule has 0 aliphatic heterocycles. The van der Waals surface area contributed by atoms with Crippen LogP contribution in [0.4, 0.5) is 0 Å². The van der Waals surface area contributed by atoms with Gasteiger partial charge in [-0.1, -0.05) is 29.8 Å². The smallest absolute Gasteiger partial charge is 0.187 e. The van der Waals surface area contributed by atoms with Crippen LogP contribution in [0, 0.1) is 13.8 Å². The van der Waals surface area contributed by atoms with Crippen LogP contribution in [0.1, 0.15) is 22.3 Å². The lowest BCUT2D eigenvalue weighted by atomic mass is 10.1. The minimum absolute atomic E-state index is 0.437. The molecule has 0 aromatic heterocycles. The number of thiocarbonyl (C=S) groups is 1. The maximum Gasteiger partial charge on any atom is 0.187 e. The van der Waals surface area contributed by atoms with E-state index in [9.17, 15) is 0 Å². The number of ether oxygens (including phenoxy) is 2. The predicted molar refractivity (Wildman–Crippen MR) is 115 cm³/mol. The third-order valence-electron chi connectivity index (χ3n) is 3.86. The molecule has 0 fully saturated rings. The van der Waals surface area contributed by atoms with Crippen molar-refractivity contribution < 1.29 is 9.47 Å². The quantitative estimate of drug-likeness (QED) is 0.314. The van der Waals surface area contributed by atoms with Crippen molar-refractivity contribution in [1.29, 1.82) is 0 Å². The second kappa shape index (κ2) is 10.3. The highest BCUT2D eigenvalue weighted by Gasteiger charge is 2.07. The molecule has 2 N–H and O–H groups in total. The fraction of sp³-hybridized carbons (Fsp3) is 0.238. The van der Waals surface area contributed by atoms with Gasteiger partial charge in [0.2, 0.25) is 0 Å². The van der Waals surface area contributed by atoms with Gasteiger partial charge in [0, 0.05) is 6.54 Å². The molecule has 142 valence electrons. The largest absolute Gasteiger partial charge is 0.493 e. The molecule has 0 spiro atoms. The molecule has 2 aromatic rings. The number of nitrogens with zero attached hydrogens (tertiary/aromatic N) is 1. The van der Waals surface area contributed by atoms with E-state index in [0.29, 0.717) is 29.8 Å². The van der Waals surface area contributed by atoms with Crippen LogP contribution in [0.3, 0.4) is 0 Å². The molecule has 6 heteroatoms. The van der Waals surface area contributed by atoms with Gasteiger partial charge in [-0.2, -0.15) is 5.10 Å². The Bertz CT molecular complexity index is 834. The maximum absolute atomic E-state index is 5.97. The molecule has 2 aromatic carbocycles. The Balaban J connectivity index is 2.01. The van der Waals surface area contributed by atoms with Crippen molar-refractivity contribution in [3.8, 4) is 11.5 Å². The number of nitrogens with one attached hydrogen (secondary N) is 2. The third-order valence-corrected chi connectivity index (χ3v) is 4.10. The van der Waals surface area contributed by atoms with Gasteiger partial charge in [-0.15, -0.1) is 6.58 Å². The molecule has 0 aliphatic rings. The number of hydrogen-bond acceptors (Lipinski definition) is 4. The second-order valence-electron chi connectivity index (χ2n) is 6.00. The highest BCUT2D eigenvalue weighted by atomic mass is 32.1. The standard InChI is InChI=1S/C21H25N3O2S/c1-5-10-22-21(27)24-23-13-17-8-9-19(20(12-17)25-4)26-14-18-11-15(2)6-7-16(18)3/h5-9,11-13H,1,10,14H2,2-4H3,(H2,22,24,27)/b23-13+. The Kier molecular flexibility index (Phi) is 7.82. The summed E-state index contributed by atoms with van der Waals surface area (Å²) in [5.74, 6) is 1.34. The SMILES string of the molecule is C=CCNC(=S)N/N=C/c1ccc(OCc2cc(C)ccc2C)c(OC)c1. The van der Waals surface area contributed by atoms with Crippen LogP contribution >= 0.6 is 12.2 Å². The number of benzene rings is 2. The highest BCUT2D eigenvalue weighted by molar-refractivity contribution is 7.80. The summed E-state index contributed by atoms with van der Waals surface area (Å²) >= 11 is 5.08. The summed E-state index contributed by atoms with van der Waals surface area (Å²) in [7, 11) is 1.62. The average molecular weight is 384 g/mol. The lowest BCUT2D eigenvalue weighted by Crippen LogP contribution is -2.31. The van der Waals surface area contributed by atoms with Crippen molar-refractivity contribution in [2.45, 2.75) is 20.5 Å². The normalized spacial score (nSPS) is 10.5. The van der Waals surface area contributed by atoms with E-state index < -0.39 is 0 Å². The molecule has 0 unspecified atom stereocenters. The molecule has 2 rings (SSSR count). The minimum Gasteiger partial charge on any atom is -0.493 e. The first-order valence-electron chi connectivity index (χ1n) is 8.58. The second-order valence-corrected chi connectivity index (χ2v) is 6.41. The van der Waals surface area contributed by atoms with E-state index in [0.717, 1.165) is 11.1 Å². The molecule has 0 heterocycles. The van der Waals surface area contributed by atoms with Gasteiger partial charge >= 0.3 is 0 Å². The van der Waals surface area contributed by atoms with Gasteiger partial charge in [-0.05, 0) is 61.0 Å². The summed E-state index contributed by atoms with van der Waals surface area (Å²) < 4.78 is 11.4. The van der Waals surface area contributed by atoms with Crippen molar-refractivity contribution >= 4 is 23.5 Å². The molecule has 27 heavy (non-hydrogen) atoms. The van der Waals surface area contributed by atoms with E-state index >= 15 is 0 Å². The van der Waals surface area contributed by atoms with E-state index in [-0.39, 0.29) is 0 Å². The lowest BCUT2D eigenvalue weighted by Gasteiger charge is -2.13. The third kappa shape index (κ3) is 6.42. The van der Waals surface area contributed by atoms with Crippen LogP contribution in [-0.2, 0) is 6.61 Å². The number of hydrogen-bond donors (Lipinski definition) is 2. The number of hydrazone groups is 1. The van der Waals surface area contributed by atoms with Crippen molar-refractivity contribution in [2.75, 3.05) is 13.7 Å². The van der Waals surface area contributed by atoms with Crippen LogP contribution < -0.4 is 20.2 Å². The molecule has 0 amide bonds. The van der Waals surface area contributed by atoms with Gasteiger partial charge in [0.15, 0.2) is 16.6 Å². The monoisotopic (exact) mass is 383 g/mol. The van der Waals surface area contributed by atoms with Gasteiger partial charge in [-0.3, -0.25) is 5.43 Å². The summed E-state index contributed by atoms with van der Waals surface area (Å²) in [5.41, 5.74) is 7.19. The Morgan fingerprint density at radius 3 is 2.74 bits per heavy atom. The zero-order valence-electron chi connectivity index (χ0n) is 15.9. The summed E-state index contributed by atoms with van der Waals surface area (Å²) in [6, 6.07) is 12.0. The van der Waals surface area contributed by atoms with E-state index in [4.69, 9.17) is 21.7 Å².